The van der Waals surface area contributed by atoms with Crippen LogP contribution in [-0.4, -0.2) is 33.7 Å². The summed E-state index contributed by atoms with van der Waals surface area (Å²) in [6.45, 7) is 2.38. The quantitative estimate of drug-likeness (QED) is 0.839. The van der Waals surface area contributed by atoms with Gasteiger partial charge >= 0.3 is 0 Å². The monoisotopic (exact) mass is 353 g/mol. The zero-order valence-electron chi connectivity index (χ0n) is 14.1. The van der Waals surface area contributed by atoms with Gasteiger partial charge in [0.05, 0.1) is 24.5 Å². The van der Waals surface area contributed by atoms with Gasteiger partial charge in [0.25, 0.3) is 0 Å². The van der Waals surface area contributed by atoms with Crippen molar-refractivity contribution in [1.82, 2.24) is 15.1 Å². The van der Waals surface area contributed by atoms with Crippen LogP contribution in [0.1, 0.15) is 30.5 Å². The number of hydrogen-bond acceptors (Lipinski definition) is 3. The van der Waals surface area contributed by atoms with E-state index in [-0.39, 0.29) is 19.2 Å². The summed E-state index contributed by atoms with van der Waals surface area (Å²) in [5.41, 5.74) is 2.49. The molecule has 4 nitrogen and oxygen atoms in total. The maximum atomic E-state index is 13.6. The molecule has 2 N–H and O–H groups in total. The van der Waals surface area contributed by atoms with Crippen molar-refractivity contribution in [1.29, 1.82) is 0 Å². The number of hydrogen-bond donors (Lipinski definition) is 2. The predicted octanol–water partition coefficient (Wildman–Crippen LogP) is 3.11. The van der Waals surface area contributed by atoms with E-state index in [9.17, 15) is 18.3 Å². The number of rotatable bonds is 6. The third-order valence-corrected chi connectivity index (χ3v) is 4.66. The lowest BCUT2D eigenvalue weighted by Crippen LogP contribution is -2.26. The Morgan fingerprint density at radius 2 is 1.96 bits per heavy atom. The smallest absolute Gasteiger partial charge is 0.126 e. The van der Waals surface area contributed by atoms with Crippen molar-refractivity contribution >= 4 is 0 Å². The molecule has 1 aliphatic rings. The maximum absolute atomic E-state index is 13.6. The molecule has 0 radical (unpaired) electrons. The van der Waals surface area contributed by atoms with Gasteiger partial charge in [-0.1, -0.05) is 0 Å². The molecule has 0 amide bonds. The minimum atomic E-state index is -0.753. The molecule has 136 valence electrons. The molecule has 25 heavy (non-hydrogen) atoms. The van der Waals surface area contributed by atoms with E-state index in [0.717, 1.165) is 23.7 Å². The topological polar surface area (TPSA) is 50.1 Å². The first-order valence-electron chi connectivity index (χ1n) is 8.49. The molecule has 1 heterocycles. The van der Waals surface area contributed by atoms with E-state index in [0.29, 0.717) is 30.6 Å². The summed E-state index contributed by atoms with van der Waals surface area (Å²) in [6, 6.07) is 3.44. The first-order chi connectivity index (χ1) is 12.0. The van der Waals surface area contributed by atoms with E-state index in [2.05, 4.69) is 10.4 Å². The number of nitrogens with zero attached hydrogens (tertiary/aromatic N) is 2. The number of alkyl halides is 1. The van der Waals surface area contributed by atoms with Crippen LogP contribution in [0.15, 0.2) is 18.2 Å². The molecule has 0 saturated heterocycles. The minimum Gasteiger partial charge on any atom is -0.394 e. The third kappa shape index (κ3) is 4.04. The molecule has 1 saturated carbocycles. The van der Waals surface area contributed by atoms with E-state index in [1.807, 2.05) is 6.92 Å². The van der Waals surface area contributed by atoms with E-state index < -0.39 is 17.8 Å². The molecule has 1 aromatic carbocycles. The number of aromatic nitrogens is 2. The SMILES string of the molecule is Cc1c(CN[C@H]2CC[C@@H](F)C2)nn(CCO)c1-c1cc(F)cc(F)c1. The first-order valence-corrected chi connectivity index (χ1v) is 8.49. The lowest BCUT2D eigenvalue weighted by atomic mass is 10.1. The molecule has 7 heteroatoms. The van der Waals surface area contributed by atoms with Gasteiger partial charge in [-0.05, 0) is 43.9 Å². The summed E-state index contributed by atoms with van der Waals surface area (Å²) in [7, 11) is 0. The van der Waals surface area contributed by atoms with Crippen LogP contribution in [0.2, 0.25) is 0 Å². The van der Waals surface area contributed by atoms with E-state index in [1.54, 1.807) is 4.68 Å². The van der Waals surface area contributed by atoms with Crippen molar-refractivity contribution in [2.75, 3.05) is 6.61 Å². The minimum absolute atomic E-state index is 0.118. The highest BCUT2D eigenvalue weighted by atomic mass is 19.1. The van der Waals surface area contributed by atoms with Crippen LogP contribution in [-0.2, 0) is 13.1 Å². The van der Waals surface area contributed by atoms with Crippen LogP contribution in [0.25, 0.3) is 11.3 Å². The molecule has 1 aliphatic carbocycles. The normalized spacial score (nSPS) is 20.4. The van der Waals surface area contributed by atoms with Gasteiger partial charge in [0.15, 0.2) is 0 Å². The van der Waals surface area contributed by atoms with Gasteiger partial charge in [-0.2, -0.15) is 5.10 Å². The van der Waals surface area contributed by atoms with Crippen molar-refractivity contribution in [2.45, 2.75) is 51.5 Å². The van der Waals surface area contributed by atoms with E-state index in [1.165, 1.54) is 12.1 Å². The number of halogens is 3. The summed E-state index contributed by atoms with van der Waals surface area (Å²) < 4.78 is 42.0. The number of nitrogens with one attached hydrogen (secondary N) is 1. The fourth-order valence-corrected chi connectivity index (χ4v) is 3.43. The molecule has 0 aliphatic heterocycles. The molecular formula is C18H22F3N3O. The lowest BCUT2D eigenvalue weighted by molar-refractivity contribution is 0.269. The number of benzene rings is 1. The van der Waals surface area contributed by atoms with E-state index >= 15 is 0 Å². The van der Waals surface area contributed by atoms with Gasteiger partial charge in [-0.15, -0.1) is 0 Å². The van der Waals surface area contributed by atoms with Gasteiger partial charge in [0.1, 0.15) is 17.8 Å². The summed E-state index contributed by atoms with van der Waals surface area (Å²) >= 11 is 0. The summed E-state index contributed by atoms with van der Waals surface area (Å²) in [5, 5.41) is 17.0. The van der Waals surface area contributed by atoms with Crippen molar-refractivity contribution in [3.8, 4) is 11.3 Å². The molecule has 2 aromatic rings. The van der Waals surface area contributed by atoms with Crippen LogP contribution < -0.4 is 5.32 Å². The molecular weight excluding hydrogens is 331 g/mol. The lowest BCUT2D eigenvalue weighted by Gasteiger charge is -2.10. The second-order valence-corrected chi connectivity index (χ2v) is 6.51. The fraction of sp³-hybridized carbons (Fsp3) is 0.500. The molecule has 2 atom stereocenters. The maximum Gasteiger partial charge on any atom is 0.126 e. The fourth-order valence-electron chi connectivity index (χ4n) is 3.43. The molecule has 1 aromatic heterocycles. The Balaban J connectivity index is 1.87. The second kappa shape index (κ2) is 7.58. The van der Waals surface area contributed by atoms with Gasteiger partial charge in [0.2, 0.25) is 0 Å². The highest BCUT2D eigenvalue weighted by Gasteiger charge is 2.24. The van der Waals surface area contributed by atoms with Crippen molar-refractivity contribution in [3.05, 3.63) is 41.1 Å². The zero-order chi connectivity index (χ0) is 18.0. The van der Waals surface area contributed by atoms with Crippen LogP contribution in [0.4, 0.5) is 13.2 Å². The van der Waals surface area contributed by atoms with E-state index in [4.69, 9.17) is 0 Å². The van der Waals surface area contributed by atoms with Crippen LogP contribution in [0.3, 0.4) is 0 Å². The average Bonchev–Trinajstić information content (AvgIpc) is 3.08. The largest absolute Gasteiger partial charge is 0.394 e. The third-order valence-electron chi connectivity index (χ3n) is 4.66. The molecule has 0 unspecified atom stereocenters. The predicted molar refractivity (Wildman–Crippen MR) is 88.8 cm³/mol. The van der Waals surface area contributed by atoms with Gasteiger partial charge in [-0.25, -0.2) is 13.2 Å². The summed E-state index contributed by atoms with van der Waals surface area (Å²) in [5.74, 6) is -1.32. The average molecular weight is 353 g/mol. The standard InChI is InChI=1S/C18H22F3N3O/c1-11-17(10-22-16-3-2-13(19)9-16)23-24(4-5-25)18(11)12-6-14(20)8-15(21)7-12/h6-8,13,16,22,25H,2-5,9-10H2,1H3/t13-,16+/m1/s1. The Morgan fingerprint density at radius 1 is 1.24 bits per heavy atom. The Bertz CT molecular complexity index is 727. The van der Waals surface area contributed by atoms with Crippen molar-refractivity contribution in [3.63, 3.8) is 0 Å². The Morgan fingerprint density at radius 3 is 2.56 bits per heavy atom. The highest BCUT2D eigenvalue weighted by Crippen LogP contribution is 2.28. The zero-order valence-corrected chi connectivity index (χ0v) is 14.1. The van der Waals surface area contributed by atoms with Gasteiger partial charge in [-0.3, -0.25) is 4.68 Å². The molecule has 1 fully saturated rings. The van der Waals surface area contributed by atoms with Gasteiger partial charge < -0.3 is 10.4 Å². The molecule has 0 spiro atoms. The Hall–Kier alpha value is -1.86. The summed E-state index contributed by atoms with van der Waals surface area (Å²) in [4.78, 5) is 0. The second-order valence-electron chi connectivity index (χ2n) is 6.51. The highest BCUT2D eigenvalue weighted by molar-refractivity contribution is 5.64. The molecule has 3 rings (SSSR count). The van der Waals surface area contributed by atoms with Crippen molar-refractivity contribution < 1.29 is 18.3 Å². The number of aliphatic hydroxyl groups is 1. The Labute approximate surface area is 144 Å². The van der Waals surface area contributed by atoms with Crippen LogP contribution >= 0.6 is 0 Å². The van der Waals surface area contributed by atoms with Crippen molar-refractivity contribution in [2.24, 2.45) is 0 Å². The summed E-state index contributed by atoms with van der Waals surface area (Å²) in [6.07, 6.45) is 1.11. The first kappa shape index (κ1) is 17.9. The Kier molecular flexibility index (Phi) is 5.44. The molecule has 0 bridgehead atoms. The van der Waals surface area contributed by atoms with Crippen LogP contribution in [0, 0.1) is 18.6 Å². The number of aliphatic hydroxyl groups excluding tert-OH is 1. The van der Waals surface area contributed by atoms with Gasteiger partial charge in [0, 0.05) is 24.2 Å². The van der Waals surface area contributed by atoms with Crippen LogP contribution in [0.5, 0.6) is 0 Å².